The molecule has 5 aliphatic rings. The number of ether oxygens (including phenoxy) is 1. The summed E-state index contributed by atoms with van der Waals surface area (Å²) in [4.78, 5) is 13.7. The van der Waals surface area contributed by atoms with E-state index in [0.717, 1.165) is 67.1 Å². The molecule has 0 N–H and O–H groups in total. The molecule has 0 aliphatic heterocycles. The molecule has 5 aliphatic carbocycles. The van der Waals surface area contributed by atoms with Gasteiger partial charge in [-0.15, -0.1) is 0 Å². The van der Waals surface area contributed by atoms with Gasteiger partial charge in [-0.1, -0.05) is 58.8 Å². The van der Waals surface area contributed by atoms with Gasteiger partial charge in [0.05, 0.1) is 14.0 Å². The minimum absolute atomic E-state index is 0.105. The molecule has 0 aromatic heterocycles. The number of hydrogen-bond donors (Lipinski definition) is 0. The normalized spacial score (nSPS) is 44.7. The van der Waals surface area contributed by atoms with Crippen molar-refractivity contribution in [2.45, 2.75) is 116 Å². The van der Waals surface area contributed by atoms with Crippen LogP contribution in [0.1, 0.15) is 86.0 Å². The highest BCUT2D eigenvalue weighted by molar-refractivity contribution is 6.79. The fourth-order valence-electron chi connectivity index (χ4n) is 9.98. The van der Waals surface area contributed by atoms with Gasteiger partial charge in [-0.05, 0) is 98.7 Å². The van der Waals surface area contributed by atoms with E-state index in [1.54, 1.807) is 0 Å². The van der Waals surface area contributed by atoms with Crippen molar-refractivity contribution in [3.8, 4) is 0 Å². The molecule has 0 saturated heterocycles. The number of rotatable bonds is 8. The van der Waals surface area contributed by atoms with Gasteiger partial charge >= 0.3 is 5.97 Å². The molecule has 176 valence electrons. The lowest BCUT2D eigenvalue weighted by atomic mass is 9.62. The first-order chi connectivity index (χ1) is 14.9. The van der Waals surface area contributed by atoms with E-state index in [9.17, 15) is 4.79 Å². The van der Waals surface area contributed by atoms with Crippen molar-refractivity contribution >= 4 is 14.0 Å². The minimum Gasteiger partial charge on any atom is -0.459 e. The van der Waals surface area contributed by atoms with Crippen molar-refractivity contribution in [3.63, 3.8) is 0 Å². The van der Waals surface area contributed by atoms with Crippen LogP contribution in [0, 0.1) is 53.3 Å². The zero-order valence-electron chi connectivity index (χ0n) is 21.0. The van der Waals surface area contributed by atoms with Crippen LogP contribution in [0.5, 0.6) is 0 Å². The van der Waals surface area contributed by atoms with Crippen molar-refractivity contribution in [2.24, 2.45) is 53.3 Å². The van der Waals surface area contributed by atoms with E-state index in [4.69, 9.17) is 4.74 Å². The second-order valence-electron chi connectivity index (χ2n) is 12.8. The van der Waals surface area contributed by atoms with Crippen LogP contribution in [0.4, 0.5) is 0 Å². The van der Waals surface area contributed by atoms with Crippen LogP contribution in [0.25, 0.3) is 0 Å². The summed E-state index contributed by atoms with van der Waals surface area (Å²) in [6, 6.07) is 5.53. The molecule has 0 spiro atoms. The Bertz CT molecular complexity index is 670. The quantitative estimate of drug-likeness (QED) is 0.219. The molecule has 9 unspecified atom stereocenters. The van der Waals surface area contributed by atoms with Crippen molar-refractivity contribution in [3.05, 3.63) is 0 Å². The molecule has 2 nitrogen and oxygen atoms in total. The fourth-order valence-corrected chi connectivity index (χ4v) is 13.5. The van der Waals surface area contributed by atoms with Gasteiger partial charge < -0.3 is 4.74 Å². The Balaban J connectivity index is 1.27. The first kappa shape index (κ1) is 22.5. The molecule has 4 bridgehead atoms. The van der Waals surface area contributed by atoms with Crippen molar-refractivity contribution in [2.75, 3.05) is 0 Å². The van der Waals surface area contributed by atoms with Gasteiger partial charge in [-0.2, -0.15) is 0 Å². The molecule has 5 saturated carbocycles. The number of hydrogen-bond acceptors (Lipinski definition) is 2. The summed E-state index contributed by atoms with van der Waals surface area (Å²) >= 11 is 0. The van der Waals surface area contributed by atoms with Crippen LogP contribution in [-0.4, -0.2) is 19.6 Å². The fraction of sp³-hybridized carbons (Fsp3) is 0.964. The Kier molecular flexibility index (Phi) is 5.92. The zero-order chi connectivity index (χ0) is 22.0. The largest absolute Gasteiger partial charge is 0.459 e. The van der Waals surface area contributed by atoms with Crippen LogP contribution in [0.2, 0.25) is 24.2 Å². The molecule has 3 heteroatoms. The molecule has 0 aromatic rings. The highest BCUT2D eigenvalue weighted by Gasteiger charge is 2.67. The Hall–Kier alpha value is -0.313. The van der Waals surface area contributed by atoms with E-state index >= 15 is 0 Å². The van der Waals surface area contributed by atoms with Gasteiger partial charge in [0.1, 0.15) is 5.60 Å². The molecular weight excluding hydrogens is 396 g/mol. The average molecular weight is 445 g/mol. The lowest BCUT2D eigenvalue weighted by Gasteiger charge is -2.43. The standard InChI is InChI=1S/C28H48O2Si/c1-6-31(7-2,8-3)14-13-28(11-9-10-12-28)30-27(29)24-16-20-15-23(24)26-22-17-21(25(20)26)18(4)19(22)5/h18-26H,6-17H2,1-5H3. The number of fused-ring (bicyclic) bond motifs is 9. The molecule has 0 aromatic carbocycles. The SMILES string of the molecule is CC[Si](CC)(CC)CCC1(OC(=O)C2CC3CC2C2C4CC(C(C)C4C)C32)CCCC1. The molecule has 0 radical (unpaired) electrons. The highest BCUT2D eigenvalue weighted by Crippen LogP contribution is 2.71. The third-order valence-electron chi connectivity index (χ3n) is 12.3. The third-order valence-corrected chi connectivity index (χ3v) is 18.2. The van der Waals surface area contributed by atoms with Crippen LogP contribution < -0.4 is 0 Å². The summed E-state index contributed by atoms with van der Waals surface area (Å²) in [7, 11) is -1.16. The summed E-state index contributed by atoms with van der Waals surface area (Å²) in [5, 5.41) is 0. The van der Waals surface area contributed by atoms with E-state index in [1.807, 2.05) is 0 Å². The molecule has 31 heavy (non-hydrogen) atoms. The molecular formula is C28H48O2Si. The lowest BCUT2D eigenvalue weighted by molar-refractivity contribution is -0.169. The van der Waals surface area contributed by atoms with E-state index < -0.39 is 8.07 Å². The monoisotopic (exact) mass is 444 g/mol. The first-order valence-corrected chi connectivity index (χ1v) is 16.9. The Morgan fingerprint density at radius 2 is 1.48 bits per heavy atom. The Morgan fingerprint density at radius 1 is 0.871 bits per heavy atom. The second-order valence-corrected chi connectivity index (χ2v) is 18.4. The topological polar surface area (TPSA) is 26.3 Å². The van der Waals surface area contributed by atoms with Crippen LogP contribution in [0.15, 0.2) is 0 Å². The van der Waals surface area contributed by atoms with Crippen molar-refractivity contribution in [1.82, 2.24) is 0 Å². The third kappa shape index (κ3) is 3.41. The second kappa shape index (κ2) is 8.17. The predicted molar refractivity (Wildman–Crippen MR) is 131 cm³/mol. The van der Waals surface area contributed by atoms with Gasteiger partial charge in [-0.25, -0.2) is 0 Å². The summed E-state index contributed by atoms with van der Waals surface area (Å²) in [5.74, 6) is 7.41. The van der Waals surface area contributed by atoms with E-state index in [2.05, 4.69) is 34.6 Å². The van der Waals surface area contributed by atoms with Gasteiger partial charge in [0.2, 0.25) is 0 Å². The van der Waals surface area contributed by atoms with E-state index in [0.29, 0.717) is 5.92 Å². The Morgan fingerprint density at radius 3 is 2.10 bits per heavy atom. The molecule has 0 amide bonds. The molecule has 9 atom stereocenters. The van der Waals surface area contributed by atoms with E-state index in [1.165, 1.54) is 49.9 Å². The number of carbonyl (C=O) groups is 1. The van der Waals surface area contributed by atoms with Crippen LogP contribution in [0.3, 0.4) is 0 Å². The maximum Gasteiger partial charge on any atom is 0.309 e. The summed E-state index contributed by atoms with van der Waals surface area (Å²) in [6.45, 7) is 12.3. The molecule has 5 fully saturated rings. The predicted octanol–water partition coefficient (Wildman–Crippen LogP) is 7.55. The van der Waals surface area contributed by atoms with Crippen molar-refractivity contribution in [1.29, 1.82) is 0 Å². The van der Waals surface area contributed by atoms with Crippen LogP contribution in [-0.2, 0) is 9.53 Å². The zero-order valence-corrected chi connectivity index (χ0v) is 22.0. The lowest BCUT2D eigenvalue weighted by Crippen LogP contribution is -2.43. The molecule has 0 heterocycles. The Labute approximate surface area is 192 Å². The summed E-state index contributed by atoms with van der Waals surface area (Å²) in [6.07, 6.45) is 9.90. The molecule has 5 rings (SSSR count). The van der Waals surface area contributed by atoms with E-state index in [-0.39, 0.29) is 17.5 Å². The maximum atomic E-state index is 13.7. The smallest absolute Gasteiger partial charge is 0.309 e. The average Bonchev–Trinajstić information content (AvgIpc) is 3.57. The minimum atomic E-state index is -1.16. The van der Waals surface area contributed by atoms with Crippen molar-refractivity contribution < 1.29 is 9.53 Å². The summed E-state index contributed by atoms with van der Waals surface area (Å²) in [5.41, 5.74) is -0.105. The van der Waals surface area contributed by atoms with Gasteiger partial charge in [0.15, 0.2) is 0 Å². The maximum absolute atomic E-state index is 13.7. The first-order valence-electron chi connectivity index (χ1n) is 14.1. The van der Waals surface area contributed by atoms with Gasteiger partial charge in [0.25, 0.3) is 0 Å². The number of esters is 1. The van der Waals surface area contributed by atoms with Gasteiger partial charge in [-0.3, -0.25) is 4.79 Å². The number of carbonyl (C=O) groups excluding carboxylic acids is 1. The summed E-state index contributed by atoms with van der Waals surface area (Å²) < 4.78 is 6.62. The highest BCUT2D eigenvalue weighted by atomic mass is 28.3. The van der Waals surface area contributed by atoms with Gasteiger partial charge in [0, 0.05) is 0 Å². The van der Waals surface area contributed by atoms with Crippen LogP contribution >= 0.6 is 0 Å².